The molecule has 1 rings (SSSR count). The number of carbonyl (C=O) groups excluding carboxylic acids is 1. The molecule has 0 radical (unpaired) electrons. The average molecular weight is 251 g/mol. The first kappa shape index (κ1) is 14.7. The molecule has 0 atom stereocenters. The number of carbonyl (C=O) groups is 1. The average Bonchev–Trinajstić information content (AvgIpc) is 2.36. The largest absolute Gasteiger partial charge is 0.395 e. The zero-order valence-electron chi connectivity index (χ0n) is 11.2. The molecule has 0 saturated carbocycles. The van der Waals surface area contributed by atoms with Crippen molar-refractivity contribution in [3.05, 3.63) is 35.4 Å². The zero-order chi connectivity index (χ0) is 13.8. The fraction of sp³-hybridized carbons (Fsp3) is 0.500. The van der Waals surface area contributed by atoms with Crippen LogP contribution in [-0.4, -0.2) is 46.3 Å². The van der Waals surface area contributed by atoms with Crippen LogP contribution in [0.15, 0.2) is 24.3 Å². The predicted octanol–water partition coefficient (Wildman–Crippen LogP) is 1.20. The Morgan fingerprint density at radius 3 is 2.22 bits per heavy atom. The van der Waals surface area contributed by atoms with Crippen molar-refractivity contribution in [2.75, 3.05) is 19.8 Å². The summed E-state index contributed by atoms with van der Waals surface area (Å²) in [5, 5.41) is 18.4. The van der Waals surface area contributed by atoms with Gasteiger partial charge in [-0.1, -0.05) is 17.7 Å². The van der Waals surface area contributed by atoms with Crippen LogP contribution in [0.25, 0.3) is 0 Å². The van der Waals surface area contributed by atoms with Crippen molar-refractivity contribution in [3.8, 4) is 0 Å². The monoisotopic (exact) mass is 251 g/mol. The highest BCUT2D eigenvalue weighted by atomic mass is 16.3. The van der Waals surface area contributed by atoms with Crippen LogP contribution in [0.3, 0.4) is 0 Å². The molecule has 0 heterocycles. The van der Waals surface area contributed by atoms with E-state index in [0.717, 1.165) is 5.56 Å². The number of benzene rings is 1. The number of aryl methyl sites for hydroxylation is 1. The summed E-state index contributed by atoms with van der Waals surface area (Å²) in [6.07, 6.45) is 0. The fourth-order valence-corrected chi connectivity index (χ4v) is 1.72. The maximum Gasteiger partial charge on any atom is 0.254 e. The molecule has 0 aliphatic carbocycles. The van der Waals surface area contributed by atoms with E-state index in [-0.39, 0.29) is 25.7 Å². The summed E-state index contributed by atoms with van der Waals surface area (Å²) in [6.45, 7) is 5.44. The lowest BCUT2D eigenvalue weighted by atomic mass is 10.0. The molecule has 0 saturated heterocycles. The molecule has 18 heavy (non-hydrogen) atoms. The second kappa shape index (κ2) is 5.98. The Bertz CT molecular complexity index is 398. The Morgan fingerprint density at radius 2 is 1.78 bits per heavy atom. The number of aliphatic hydroxyl groups excluding tert-OH is 2. The lowest BCUT2D eigenvalue weighted by Gasteiger charge is -2.37. The van der Waals surface area contributed by atoms with E-state index >= 15 is 0 Å². The third kappa shape index (κ3) is 3.31. The Hall–Kier alpha value is -1.39. The van der Waals surface area contributed by atoms with Crippen LogP contribution < -0.4 is 0 Å². The number of hydrogen-bond donors (Lipinski definition) is 2. The van der Waals surface area contributed by atoms with Crippen LogP contribution in [0.1, 0.15) is 29.8 Å². The van der Waals surface area contributed by atoms with Gasteiger partial charge in [-0.05, 0) is 32.9 Å². The Balaban J connectivity index is 2.99. The third-order valence-electron chi connectivity index (χ3n) is 2.98. The van der Waals surface area contributed by atoms with Crippen molar-refractivity contribution in [2.45, 2.75) is 26.3 Å². The van der Waals surface area contributed by atoms with Crippen LogP contribution in [0.5, 0.6) is 0 Å². The van der Waals surface area contributed by atoms with E-state index in [9.17, 15) is 9.90 Å². The van der Waals surface area contributed by atoms with Crippen LogP contribution >= 0.6 is 0 Å². The van der Waals surface area contributed by atoms with Crippen molar-refractivity contribution in [2.24, 2.45) is 0 Å². The van der Waals surface area contributed by atoms with Gasteiger partial charge in [0, 0.05) is 12.1 Å². The van der Waals surface area contributed by atoms with Gasteiger partial charge in [0.25, 0.3) is 5.91 Å². The highest BCUT2D eigenvalue weighted by Gasteiger charge is 2.30. The van der Waals surface area contributed by atoms with E-state index in [4.69, 9.17) is 5.11 Å². The lowest BCUT2D eigenvalue weighted by Crippen LogP contribution is -2.51. The minimum Gasteiger partial charge on any atom is -0.395 e. The molecule has 1 amide bonds. The molecule has 4 nitrogen and oxygen atoms in total. The SMILES string of the molecule is Cc1ccc(C(=O)N(CCO)C(C)(C)CO)cc1. The van der Waals surface area contributed by atoms with E-state index in [2.05, 4.69) is 0 Å². The highest BCUT2D eigenvalue weighted by Crippen LogP contribution is 2.17. The van der Waals surface area contributed by atoms with Gasteiger partial charge in [0.15, 0.2) is 0 Å². The molecular formula is C14H21NO3. The lowest BCUT2D eigenvalue weighted by molar-refractivity contribution is 0.0308. The highest BCUT2D eigenvalue weighted by molar-refractivity contribution is 5.94. The minimum atomic E-state index is -0.690. The van der Waals surface area contributed by atoms with Crippen molar-refractivity contribution in [1.29, 1.82) is 0 Å². The topological polar surface area (TPSA) is 60.8 Å². The third-order valence-corrected chi connectivity index (χ3v) is 2.98. The van der Waals surface area contributed by atoms with Crippen molar-refractivity contribution >= 4 is 5.91 Å². The molecular weight excluding hydrogens is 230 g/mol. The fourth-order valence-electron chi connectivity index (χ4n) is 1.72. The molecule has 0 aliphatic heterocycles. The van der Waals surface area contributed by atoms with Gasteiger partial charge in [-0.2, -0.15) is 0 Å². The summed E-state index contributed by atoms with van der Waals surface area (Å²) in [6, 6.07) is 7.26. The predicted molar refractivity (Wildman–Crippen MR) is 70.5 cm³/mol. The normalized spacial score (nSPS) is 11.4. The summed E-state index contributed by atoms with van der Waals surface area (Å²) in [7, 11) is 0. The summed E-state index contributed by atoms with van der Waals surface area (Å²) in [5.74, 6) is -0.178. The number of β-amino-alcohol motifs (C(OH)–C–C–N with tert-alkyl or cyclic N) is 1. The van der Waals surface area contributed by atoms with Crippen LogP contribution in [0.2, 0.25) is 0 Å². The number of rotatable bonds is 5. The Morgan fingerprint density at radius 1 is 1.22 bits per heavy atom. The van der Waals surface area contributed by atoms with Gasteiger partial charge in [0.1, 0.15) is 0 Å². The standard InChI is InChI=1S/C14H21NO3/c1-11-4-6-12(7-5-11)13(18)15(8-9-16)14(2,3)10-17/h4-7,16-17H,8-10H2,1-3H3. The molecule has 0 aliphatic rings. The molecule has 1 aromatic carbocycles. The van der Waals surface area contributed by atoms with Crippen molar-refractivity contribution in [1.82, 2.24) is 4.90 Å². The molecule has 2 N–H and O–H groups in total. The molecule has 0 bridgehead atoms. The molecule has 4 heteroatoms. The number of hydrogen-bond acceptors (Lipinski definition) is 3. The molecule has 0 fully saturated rings. The maximum absolute atomic E-state index is 12.4. The van der Waals surface area contributed by atoms with E-state index in [1.54, 1.807) is 26.0 Å². The number of amides is 1. The smallest absolute Gasteiger partial charge is 0.254 e. The van der Waals surface area contributed by atoms with Gasteiger partial charge in [0.2, 0.25) is 0 Å². The van der Waals surface area contributed by atoms with Gasteiger partial charge in [0.05, 0.1) is 18.8 Å². The second-order valence-electron chi connectivity index (χ2n) is 5.02. The zero-order valence-corrected chi connectivity index (χ0v) is 11.2. The number of nitrogens with zero attached hydrogens (tertiary/aromatic N) is 1. The van der Waals surface area contributed by atoms with E-state index in [1.165, 1.54) is 4.90 Å². The van der Waals surface area contributed by atoms with Crippen LogP contribution in [0.4, 0.5) is 0 Å². The number of aliphatic hydroxyl groups is 2. The first-order valence-electron chi connectivity index (χ1n) is 6.02. The van der Waals surface area contributed by atoms with E-state index < -0.39 is 5.54 Å². The molecule has 1 aromatic rings. The van der Waals surface area contributed by atoms with Crippen LogP contribution in [-0.2, 0) is 0 Å². The summed E-state index contributed by atoms with van der Waals surface area (Å²) >= 11 is 0. The first-order chi connectivity index (χ1) is 8.42. The van der Waals surface area contributed by atoms with Crippen molar-refractivity contribution in [3.63, 3.8) is 0 Å². The second-order valence-corrected chi connectivity index (χ2v) is 5.02. The minimum absolute atomic E-state index is 0.124. The Kier molecular flexibility index (Phi) is 4.87. The first-order valence-corrected chi connectivity index (χ1v) is 6.02. The van der Waals surface area contributed by atoms with Gasteiger partial charge in [-0.25, -0.2) is 0 Å². The Labute approximate surface area is 108 Å². The maximum atomic E-state index is 12.4. The molecule has 100 valence electrons. The van der Waals surface area contributed by atoms with Crippen LogP contribution in [0, 0.1) is 6.92 Å². The van der Waals surface area contributed by atoms with Gasteiger partial charge in [-0.3, -0.25) is 4.79 Å². The summed E-state index contributed by atoms with van der Waals surface area (Å²) in [5.41, 5.74) is 0.960. The van der Waals surface area contributed by atoms with Crippen molar-refractivity contribution < 1.29 is 15.0 Å². The van der Waals surface area contributed by atoms with Gasteiger partial charge >= 0.3 is 0 Å². The van der Waals surface area contributed by atoms with Gasteiger partial charge < -0.3 is 15.1 Å². The molecule has 0 spiro atoms. The van der Waals surface area contributed by atoms with E-state index in [0.29, 0.717) is 5.56 Å². The van der Waals surface area contributed by atoms with Gasteiger partial charge in [-0.15, -0.1) is 0 Å². The van der Waals surface area contributed by atoms with E-state index in [1.807, 2.05) is 19.1 Å². The molecule has 0 aromatic heterocycles. The quantitative estimate of drug-likeness (QED) is 0.826. The summed E-state index contributed by atoms with van der Waals surface area (Å²) < 4.78 is 0. The summed E-state index contributed by atoms with van der Waals surface area (Å²) in [4.78, 5) is 13.9. The molecule has 0 unspecified atom stereocenters.